The van der Waals surface area contributed by atoms with Gasteiger partial charge in [0.15, 0.2) is 6.40 Å². The molecule has 6 heteroatoms. The quantitative estimate of drug-likeness (QED) is 0.565. The lowest BCUT2D eigenvalue weighted by atomic mass is 10.7. The van der Waals surface area contributed by atoms with Crippen molar-refractivity contribution in [2.45, 2.75) is 12.7 Å². The second kappa shape index (κ2) is 2.45. The van der Waals surface area contributed by atoms with Gasteiger partial charge in [0.05, 0.1) is 0 Å². The van der Waals surface area contributed by atoms with Crippen LogP contribution in [0.5, 0.6) is 0 Å². The van der Waals surface area contributed by atoms with Crippen LogP contribution >= 0.6 is 0 Å². The van der Waals surface area contributed by atoms with Crippen molar-refractivity contribution >= 4 is 6.40 Å². The molecule has 10 heavy (non-hydrogen) atoms. The molecule has 0 aromatic rings. The summed E-state index contributed by atoms with van der Waals surface area (Å²) >= 11 is 0. The van der Waals surface area contributed by atoms with Gasteiger partial charge in [-0.05, 0) is 0 Å². The maximum Gasteiger partial charge on any atom is 0.525 e. The molecule has 0 aromatic carbocycles. The van der Waals surface area contributed by atoms with E-state index in [1.54, 1.807) is 0 Å². The molecule has 1 unspecified atom stereocenters. The van der Waals surface area contributed by atoms with Crippen molar-refractivity contribution in [2.75, 3.05) is 0 Å². The van der Waals surface area contributed by atoms with Crippen molar-refractivity contribution < 1.29 is 22.6 Å². The van der Waals surface area contributed by atoms with E-state index in [9.17, 15) is 13.2 Å². The molecule has 0 amide bonds. The molecule has 0 aliphatic carbocycles. The Morgan fingerprint density at radius 1 is 1.50 bits per heavy atom. The van der Waals surface area contributed by atoms with E-state index in [4.69, 9.17) is 0 Å². The smallest absolute Gasteiger partial charge is 0.452 e. The molecular weight excluding hydrogens is 151 g/mol. The van der Waals surface area contributed by atoms with E-state index >= 15 is 0 Å². The topological polar surface area (TPSA) is 30.8 Å². The molecule has 0 spiro atoms. The second-order valence-electron chi connectivity index (χ2n) is 1.47. The average Bonchev–Trinajstić information content (AvgIpc) is 2.12. The SMILES string of the molecule is FC(F)(F)OC1[CH]N=CO1. The summed E-state index contributed by atoms with van der Waals surface area (Å²) < 4.78 is 41.6. The molecule has 3 nitrogen and oxygen atoms in total. The van der Waals surface area contributed by atoms with E-state index in [0.717, 1.165) is 12.9 Å². The number of hydrogen-bond donors (Lipinski definition) is 0. The Morgan fingerprint density at radius 3 is 2.60 bits per heavy atom. The third-order valence-electron chi connectivity index (χ3n) is 0.713. The molecular formula is C4H3F3NO2. The first kappa shape index (κ1) is 7.33. The van der Waals surface area contributed by atoms with Crippen LogP contribution in [-0.2, 0) is 9.47 Å². The van der Waals surface area contributed by atoms with Gasteiger partial charge in [0.25, 0.3) is 0 Å². The van der Waals surface area contributed by atoms with Gasteiger partial charge in [-0.3, -0.25) is 0 Å². The maximum atomic E-state index is 11.3. The molecule has 1 aliphatic heterocycles. The minimum absolute atomic E-state index is 0.885. The van der Waals surface area contributed by atoms with E-state index in [2.05, 4.69) is 14.5 Å². The number of nitrogens with zero attached hydrogens (tertiary/aromatic N) is 1. The van der Waals surface area contributed by atoms with Crippen LogP contribution in [0.4, 0.5) is 13.2 Å². The third kappa shape index (κ3) is 2.22. The summed E-state index contributed by atoms with van der Waals surface area (Å²) in [5.74, 6) is 0. The molecule has 0 N–H and O–H groups in total. The largest absolute Gasteiger partial charge is 0.525 e. The molecule has 0 bridgehead atoms. The number of halogens is 3. The molecule has 0 aromatic heterocycles. The van der Waals surface area contributed by atoms with Gasteiger partial charge in [-0.1, -0.05) is 0 Å². The van der Waals surface area contributed by atoms with Gasteiger partial charge in [0, 0.05) is 0 Å². The molecule has 0 saturated carbocycles. The van der Waals surface area contributed by atoms with Crippen LogP contribution in [-0.4, -0.2) is 19.1 Å². The van der Waals surface area contributed by atoms with E-state index in [1.807, 2.05) is 0 Å². The van der Waals surface area contributed by atoms with E-state index in [1.165, 1.54) is 0 Å². The maximum absolute atomic E-state index is 11.3. The average molecular weight is 154 g/mol. The Kier molecular flexibility index (Phi) is 1.80. The first-order valence-corrected chi connectivity index (χ1v) is 2.33. The van der Waals surface area contributed by atoms with Crippen LogP contribution in [0.1, 0.15) is 0 Å². The highest BCUT2D eigenvalue weighted by molar-refractivity contribution is 5.49. The summed E-state index contributed by atoms with van der Waals surface area (Å²) in [5.41, 5.74) is 0. The van der Waals surface area contributed by atoms with Crippen molar-refractivity contribution in [3.8, 4) is 0 Å². The molecule has 1 atom stereocenters. The summed E-state index contributed by atoms with van der Waals surface area (Å²) in [7, 11) is 0. The van der Waals surface area contributed by atoms with Gasteiger partial charge >= 0.3 is 6.36 Å². The lowest BCUT2D eigenvalue weighted by molar-refractivity contribution is -0.360. The molecule has 1 aliphatic rings. The molecule has 0 fully saturated rings. The minimum atomic E-state index is -4.67. The number of ether oxygens (including phenoxy) is 2. The first-order chi connectivity index (χ1) is 4.58. The Morgan fingerprint density at radius 2 is 2.20 bits per heavy atom. The van der Waals surface area contributed by atoms with Crippen LogP contribution in [0.25, 0.3) is 0 Å². The van der Waals surface area contributed by atoms with Crippen LogP contribution < -0.4 is 0 Å². The van der Waals surface area contributed by atoms with E-state index in [-0.39, 0.29) is 0 Å². The van der Waals surface area contributed by atoms with Crippen LogP contribution in [0, 0.1) is 6.54 Å². The van der Waals surface area contributed by atoms with Crippen molar-refractivity contribution in [1.29, 1.82) is 0 Å². The van der Waals surface area contributed by atoms with Gasteiger partial charge in [0.1, 0.15) is 6.54 Å². The van der Waals surface area contributed by atoms with Crippen LogP contribution in [0.2, 0.25) is 0 Å². The predicted octanol–water partition coefficient (Wildman–Crippen LogP) is 1.07. The Bertz CT molecular complexity index is 136. The summed E-state index contributed by atoms with van der Waals surface area (Å²) in [6.07, 6.45) is -5.20. The molecule has 0 saturated heterocycles. The second-order valence-corrected chi connectivity index (χ2v) is 1.47. The standard InChI is InChI=1S/C4H3F3NO2/c5-4(6,7)10-3-1-8-2-9-3/h1-3H. The zero-order valence-electron chi connectivity index (χ0n) is 4.63. The summed E-state index contributed by atoms with van der Waals surface area (Å²) in [4.78, 5) is 3.25. The molecule has 1 heterocycles. The summed E-state index contributed by atoms with van der Waals surface area (Å²) in [6.45, 7) is 0.910. The highest BCUT2D eigenvalue weighted by atomic mass is 19.4. The van der Waals surface area contributed by atoms with Crippen molar-refractivity contribution in [3.05, 3.63) is 6.54 Å². The summed E-state index contributed by atoms with van der Waals surface area (Å²) in [6, 6.07) is 0. The monoisotopic (exact) mass is 154 g/mol. The van der Waals surface area contributed by atoms with E-state index < -0.39 is 12.7 Å². The molecule has 1 radical (unpaired) electrons. The number of alkyl halides is 3. The molecule has 1 rings (SSSR count). The van der Waals surface area contributed by atoms with Gasteiger partial charge in [-0.2, -0.15) is 0 Å². The Labute approximate surface area is 54.4 Å². The highest BCUT2D eigenvalue weighted by Gasteiger charge is 2.35. The fourth-order valence-electron chi connectivity index (χ4n) is 0.426. The van der Waals surface area contributed by atoms with E-state index in [0.29, 0.717) is 0 Å². The van der Waals surface area contributed by atoms with Gasteiger partial charge < -0.3 is 4.74 Å². The fraction of sp³-hybridized carbons (Fsp3) is 0.500. The van der Waals surface area contributed by atoms with Crippen molar-refractivity contribution in [1.82, 2.24) is 0 Å². The minimum Gasteiger partial charge on any atom is -0.452 e. The third-order valence-corrected chi connectivity index (χ3v) is 0.713. The fourth-order valence-corrected chi connectivity index (χ4v) is 0.426. The zero-order chi connectivity index (χ0) is 7.61. The Balaban J connectivity index is 2.26. The number of aliphatic imine (C=N–C) groups is 1. The Hall–Kier alpha value is -0.780. The van der Waals surface area contributed by atoms with Crippen LogP contribution in [0.3, 0.4) is 0 Å². The van der Waals surface area contributed by atoms with Gasteiger partial charge in [-0.25, -0.2) is 9.73 Å². The molecule has 57 valence electrons. The number of rotatable bonds is 1. The highest BCUT2D eigenvalue weighted by Crippen LogP contribution is 2.21. The van der Waals surface area contributed by atoms with Crippen molar-refractivity contribution in [3.63, 3.8) is 0 Å². The zero-order valence-corrected chi connectivity index (χ0v) is 4.63. The number of hydrogen-bond acceptors (Lipinski definition) is 3. The van der Waals surface area contributed by atoms with Crippen molar-refractivity contribution in [2.24, 2.45) is 4.99 Å². The normalized spacial score (nSPS) is 24.9. The first-order valence-electron chi connectivity index (χ1n) is 2.33. The van der Waals surface area contributed by atoms with Crippen LogP contribution in [0.15, 0.2) is 4.99 Å². The van der Waals surface area contributed by atoms with Gasteiger partial charge in [0.2, 0.25) is 6.29 Å². The lowest BCUT2D eigenvalue weighted by Crippen LogP contribution is -2.23. The van der Waals surface area contributed by atoms with Gasteiger partial charge in [-0.15, -0.1) is 13.2 Å². The summed E-state index contributed by atoms with van der Waals surface area (Å²) in [5, 5.41) is 0. The predicted molar refractivity (Wildman–Crippen MR) is 24.8 cm³/mol. The lowest BCUT2D eigenvalue weighted by Gasteiger charge is -2.11.